The summed E-state index contributed by atoms with van der Waals surface area (Å²) in [5, 5.41) is 3.34. The van der Waals surface area contributed by atoms with Gasteiger partial charge in [0, 0.05) is 23.2 Å². The Morgan fingerprint density at radius 1 is 1.14 bits per heavy atom. The van der Waals surface area contributed by atoms with Crippen molar-refractivity contribution in [2.75, 3.05) is 19.4 Å². The van der Waals surface area contributed by atoms with Crippen molar-refractivity contribution in [1.82, 2.24) is 5.32 Å². The Hall–Kier alpha value is -1.59. The van der Waals surface area contributed by atoms with Crippen molar-refractivity contribution >= 4 is 11.8 Å². The molecule has 0 aliphatic heterocycles. The van der Waals surface area contributed by atoms with Gasteiger partial charge in [0.25, 0.3) is 0 Å². The van der Waals surface area contributed by atoms with Crippen LogP contribution in [-0.4, -0.2) is 19.4 Å². The van der Waals surface area contributed by atoms with Gasteiger partial charge in [-0.05, 0) is 48.9 Å². The highest BCUT2D eigenvalue weighted by molar-refractivity contribution is 7.99. The highest BCUT2D eigenvalue weighted by Gasteiger charge is 2.09. The predicted molar refractivity (Wildman–Crippen MR) is 86.5 cm³/mol. The molecule has 0 bridgehead atoms. The summed E-state index contributed by atoms with van der Waals surface area (Å²) in [5.74, 6) is 0.531. The summed E-state index contributed by atoms with van der Waals surface area (Å²) >= 11 is 1.65. The van der Waals surface area contributed by atoms with E-state index in [4.69, 9.17) is 4.74 Å². The summed E-state index contributed by atoms with van der Waals surface area (Å²) in [5.41, 5.74) is 0.880. The Kier molecular flexibility index (Phi) is 6.21. The van der Waals surface area contributed by atoms with Crippen LogP contribution in [0.25, 0.3) is 0 Å². The van der Waals surface area contributed by atoms with Crippen LogP contribution in [0.5, 0.6) is 5.75 Å². The molecule has 2 nitrogen and oxygen atoms in total. The van der Waals surface area contributed by atoms with Crippen LogP contribution in [0.2, 0.25) is 0 Å². The maximum absolute atomic E-state index is 13.7. The highest BCUT2D eigenvalue weighted by Crippen LogP contribution is 2.22. The van der Waals surface area contributed by atoms with Gasteiger partial charge in [-0.2, -0.15) is 0 Å². The molecule has 0 heterocycles. The van der Waals surface area contributed by atoms with Gasteiger partial charge in [0.05, 0.1) is 7.11 Å². The van der Waals surface area contributed by atoms with E-state index in [1.165, 1.54) is 25.3 Å². The number of halogens is 2. The average molecular weight is 323 g/mol. The fourth-order valence-corrected chi connectivity index (χ4v) is 2.83. The van der Waals surface area contributed by atoms with E-state index in [1.54, 1.807) is 30.0 Å². The molecule has 0 radical (unpaired) electrons. The monoisotopic (exact) mass is 323 g/mol. The molecule has 2 aromatic rings. The Balaban J connectivity index is 1.79. The van der Waals surface area contributed by atoms with Crippen molar-refractivity contribution in [3.8, 4) is 5.75 Å². The second-order valence-electron chi connectivity index (χ2n) is 4.87. The fourth-order valence-electron chi connectivity index (χ4n) is 2.04. The SMILES string of the molecule is COc1ccc(C(C)NCCSc2ccc(F)cc2)cc1F. The maximum Gasteiger partial charge on any atom is 0.165 e. The minimum atomic E-state index is -0.352. The van der Waals surface area contributed by atoms with Gasteiger partial charge in [-0.3, -0.25) is 0 Å². The number of benzene rings is 2. The zero-order chi connectivity index (χ0) is 15.9. The van der Waals surface area contributed by atoms with E-state index in [-0.39, 0.29) is 23.4 Å². The Morgan fingerprint density at radius 2 is 1.86 bits per heavy atom. The Labute approximate surface area is 133 Å². The Morgan fingerprint density at radius 3 is 2.50 bits per heavy atom. The van der Waals surface area contributed by atoms with Crippen LogP contribution in [0.15, 0.2) is 47.4 Å². The molecule has 0 spiro atoms. The minimum Gasteiger partial charge on any atom is -0.494 e. The Bertz CT molecular complexity index is 604. The van der Waals surface area contributed by atoms with Crippen molar-refractivity contribution in [1.29, 1.82) is 0 Å². The normalized spacial score (nSPS) is 12.2. The van der Waals surface area contributed by atoms with E-state index < -0.39 is 0 Å². The number of rotatable bonds is 7. The van der Waals surface area contributed by atoms with E-state index >= 15 is 0 Å². The van der Waals surface area contributed by atoms with Gasteiger partial charge in [0.2, 0.25) is 0 Å². The molecule has 1 atom stereocenters. The topological polar surface area (TPSA) is 21.3 Å². The van der Waals surface area contributed by atoms with Crippen LogP contribution in [0.1, 0.15) is 18.5 Å². The maximum atomic E-state index is 13.7. The molecule has 1 unspecified atom stereocenters. The van der Waals surface area contributed by atoms with Gasteiger partial charge < -0.3 is 10.1 Å². The van der Waals surface area contributed by atoms with Crippen molar-refractivity contribution in [2.45, 2.75) is 17.9 Å². The van der Waals surface area contributed by atoms with Gasteiger partial charge in [0.1, 0.15) is 5.82 Å². The number of thioether (sulfide) groups is 1. The molecule has 0 saturated carbocycles. The largest absolute Gasteiger partial charge is 0.494 e. The first-order valence-electron chi connectivity index (χ1n) is 7.05. The van der Waals surface area contributed by atoms with Crippen LogP contribution in [0.4, 0.5) is 8.78 Å². The number of hydrogen-bond acceptors (Lipinski definition) is 3. The highest BCUT2D eigenvalue weighted by atomic mass is 32.2. The second-order valence-corrected chi connectivity index (χ2v) is 6.04. The molecule has 0 aliphatic carbocycles. The summed E-state index contributed by atoms with van der Waals surface area (Å²) in [6, 6.07) is 11.5. The number of nitrogens with one attached hydrogen (secondary N) is 1. The van der Waals surface area contributed by atoms with Gasteiger partial charge in [-0.15, -0.1) is 11.8 Å². The third kappa shape index (κ3) is 4.71. The minimum absolute atomic E-state index is 0.0502. The van der Waals surface area contributed by atoms with Crippen LogP contribution in [0, 0.1) is 11.6 Å². The number of methoxy groups -OCH3 is 1. The van der Waals surface area contributed by atoms with Crippen LogP contribution in [0.3, 0.4) is 0 Å². The first-order chi connectivity index (χ1) is 10.6. The van der Waals surface area contributed by atoms with Crippen molar-refractivity contribution < 1.29 is 13.5 Å². The van der Waals surface area contributed by atoms with Crippen molar-refractivity contribution in [2.24, 2.45) is 0 Å². The number of ether oxygens (including phenoxy) is 1. The van der Waals surface area contributed by atoms with Gasteiger partial charge >= 0.3 is 0 Å². The molecule has 0 saturated heterocycles. The smallest absolute Gasteiger partial charge is 0.165 e. The van der Waals surface area contributed by atoms with Crippen molar-refractivity contribution in [3.05, 3.63) is 59.7 Å². The van der Waals surface area contributed by atoms with Crippen molar-refractivity contribution in [3.63, 3.8) is 0 Å². The summed E-state index contributed by atoms with van der Waals surface area (Å²) in [6.45, 7) is 2.76. The zero-order valence-corrected chi connectivity index (χ0v) is 13.4. The van der Waals surface area contributed by atoms with E-state index in [9.17, 15) is 8.78 Å². The second kappa shape index (κ2) is 8.15. The van der Waals surface area contributed by atoms with E-state index in [1.807, 2.05) is 13.0 Å². The standard InChI is InChI=1S/C17H19F2NOS/c1-12(13-3-8-17(21-2)16(19)11-13)20-9-10-22-15-6-4-14(18)5-7-15/h3-8,11-12,20H,9-10H2,1-2H3. The molecular formula is C17H19F2NOS. The molecule has 0 fully saturated rings. The van der Waals surface area contributed by atoms with E-state index in [0.29, 0.717) is 0 Å². The summed E-state index contributed by atoms with van der Waals surface area (Å²) in [6.07, 6.45) is 0. The van der Waals surface area contributed by atoms with Crippen LogP contribution >= 0.6 is 11.8 Å². The molecule has 0 aromatic heterocycles. The third-order valence-electron chi connectivity index (χ3n) is 3.31. The molecule has 1 N–H and O–H groups in total. The molecule has 2 rings (SSSR count). The zero-order valence-electron chi connectivity index (χ0n) is 12.6. The molecule has 0 amide bonds. The van der Waals surface area contributed by atoms with Gasteiger partial charge in [-0.1, -0.05) is 6.07 Å². The molecular weight excluding hydrogens is 304 g/mol. The molecule has 0 aliphatic rings. The summed E-state index contributed by atoms with van der Waals surface area (Å²) in [7, 11) is 1.45. The quantitative estimate of drug-likeness (QED) is 0.602. The fraction of sp³-hybridized carbons (Fsp3) is 0.294. The molecule has 5 heteroatoms. The first-order valence-corrected chi connectivity index (χ1v) is 8.04. The van der Waals surface area contributed by atoms with E-state index in [2.05, 4.69) is 5.32 Å². The molecule has 22 heavy (non-hydrogen) atoms. The average Bonchev–Trinajstić information content (AvgIpc) is 2.53. The predicted octanol–water partition coefficient (Wildman–Crippen LogP) is 4.42. The summed E-state index contributed by atoms with van der Waals surface area (Å²) in [4.78, 5) is 1.03. The van der Waals surface area contributed by atoms with Crippen LogP contribution in [-0.2, 0) is 0 Å². The summed E-state index contributed by atoms with van der Waals surface area (Å²) < 4.78 is 31.4. The van der Waals surface area contributed by atoms with Crippen LogP contribution < -0.4 is 10.1 Å². The third-order valence-corrected chi connectivity index (χ3v) is 4.32. The van der Waals surface area contributed by atoms with E-state index in [0.717, 1.165) is 22.8 Å². The number of hydrogen-bond donors (Lipinski definition) is 1. The molecule has 118 valence electrons. The van der Waals surface area contributed by atoms with Gasteiger partial charge in [0.15, 0.2) is 11.6 Å². The molecule has 2 aromatic carbocycles. The lowest BCUT2D eigenvalue weighted by Crippen LogP contribution is -2.21. The lowest BCUT2D eigenvalue weighted by molar-refractivity contribution is 0.385. The lowest BCUT2D eigenvalue weighted by Gasteiger charge is -2.15. The lowest BCUT2D eigenvalue weighted by atomic mass is 10.1. The van der Waals surface area contributed by atoms with Gasteiger partial charge in [-0.25, -0.2) is 8.78 Å². The first kappa shape index (κ1) is 16.8.